The van der Waals surface area contributed by atoms with Crippen LogP contribution in [0, 0.1) is 0 Å². The van der Waals surface area contributed by atoms with Gasteiger partial charge in [-0.25, -0.2) is 0 Å². The van der Waals surface area contributed by atoms with Crippen molar-refractivity contribution in [2.24, 2.45) is 0 Å². The molecule has 0 fully saturated rings. The monoisotopic (exact) mass is 465 g/mol. The van der Waals surface area contributed by atoms with Gasteiger partial charge in [0.2, 0.25) is 0 Å². The van der Waals surface area contributed by atoms with E-state index < -0.39 is 0 Å². The summed E-state index contributed by atoms with van der Waals surface area (Å²) in [5.74, 6) is -0.415. The Bertz CT molecular complexity index is 1040. The average molecular weight is 466 g/mol. The molecule has 0 aliphatic carbocycles. The molecule has 0 heterocycles. The van der Waals surface area contributed by atoms with Gasteiger partial charge in [-0.2, -0.15) is 0 Å². The van der Waals surface area contributed by atoms with Crippen molar-refractivity contribution in [3.63, 3.8) is 0 Å². The Kier molecular flexibility index (Phi) is 7.25. The largest absolute Gasteiger partial charge is 0.377 e. The molecule has 0 bridgehead atoms. The number of hydrogen-bond donors (Lipinski definition) is 2. The second-order valence-electron chi connectivity index (χ2n) is 7.05. The summed E-state index contributed by atoms with van der Waals surface area (Å²) in [7, 11) is 3.77. The predicted octanol–water partition coefficient (Wildman–Crippen LogP) is 4.74. The fourth-order valence-electron chi connectivity index (χ4n) is 3.09. The first-order valence-corrected chi connectivity index (χ1v) is 10.4. The number of amides is 2. The van der Waals surface area contributed by atoms with Crippen LogP contribution in [0.5, 0.6) is 0 Å². The first-order chi connectivity index (χ1) is 14.5. The molecule has 6 heteroatoms. The zero-order valence-corrected chi connectivity index (χ0v) is 18.6. The lowest BCUT2D eigenvalue weighted by molar-refractivity contribution is 0.0953. The highest BCUT2D eigenvalue weighted by Gasteiger charge is 2.16. The third-order valence-electron chi connectivity index (χ3n) is 4.64. The number of nitrogens with one attached hydrogen (secondary N) is 2. The standard InChI is InChI=1S/C24H24BrN3O2/c1-28(2)22-13-12-18(27-24(30)19-10-6-7-11-21(19)25)16-20(22)23(29)26-15-14-17-8-4-3-5-9-17/h3-13,16H,14-15H2,1-2H3,(H,26,29)(H,27,30). The van der Waals surface area contributed by atoms with Crippen LogP contribution in [0.25, 0.3) is 0 Å². The van der Waals surface area contributed by atoms with E-state index >= 15 is 0 Å². The molecule has 0 unspecified atom stereocenters. The summed E-state index contributed by atoms with van der Waals surface area (Å²) in [6, 6.07) is 22.6. The first kappa shape index (κ1) is 21.6. The van der Waals surface area contributed by atoms with Crippen molar-refractivity contribution in [3.8, 4) is 0 Å². The number of nitrogens with zero attached hydrogens (tertiary/aromatic N) is 1. The molecule has 0 aromatic heterocycles. The molecule has 5 nitrogen and oxygen atoms in total. The quantitative estimate of drug-likeness (QED) is 0.529. The molecule has 0 aliphatic heterocycles. The zero-order valence-electron chi connectivity index (χ0n) is 17.0. The van der Waals surface area contributed by atoms with Crippen LogP contribution in [-0.2, 0) is 6.42 Å². The first-order valence-electron chi connectivity index (χ1n) is 9.65. The molecule has 2 N–H and O–H groups in total. The van der Waals surface area contributed by atoms with E-state index in [2.05, 4.69) is 26.6 Å². The molecular formula is C24H24BrN3O2. The Morgan fingerprint density at radius 2 is 1.57 bits per heavy atom. The number of hydrogen-bond acceptors (Lipinski definition) is 3. The highest BCUT2D eigenvalue weighted by Crippen LogP contribution is 2.24. The second kappa shape index (κ2) is 10.1. The lowest BCUT2D eigenvalue weighted by Crippen LogP contribution is -2.28. The maximum Gasteiger partial charge on any atom is 0.256 e. The van der Waals surface area contributed by atoms with E-state index in [4.69, 9.17) is 0 Å². The molecule has 0 radical (unpaired) electrons. The summed E-state index contributed by atoms with van der Waals surface area (Å²) in [5.41, 5.74) is 3.56. The van der Waals surface area contributed by atoms with Gasteiger partial charge in [-0.3, -0.25) is 9.59 Å². The number of anilines is 2. The van der Waals surface area contributed by atoms with Gasteiger partial charge in [0.1, 0.15) is 0 Å². The van der Waals surface area contributed by atoms with Crippen molar-refractivity contribution in [2.75, 3.05) is 30.9 Å². The van der Waals surface area contributed by atoms with Gasteiger partial charge >= 0.3 is 0 Å². The summed E-state index contributed by atoms with van der Waals surface area (Å²) >= 11 is 3.39. The molecule has 30 heavy (non-hydrogen) atoms. The lowest BCUT2D eigenvalue weighted by atomic mass is 10.1. The molecule has 3 aromatic carbocycles. The number of carbonyl (C=O) groups excluding carboxylic acids is 2. The Morgan fingerprint density at radius 1 is 0.867 bits per heavy atom. The van der Waals surface area contributed by atoms with Gasteiger partial charge in [0.25, 0.3) is 11.8 Å². The van der Waals surface area contributed by atoms with Crippen LogP contribution < -0.4 is 15.5 Å². The van der Waals surface area contributed by atoms with E-state index in [1.165, 1.54) is 5.56 Å². The molecule has 0 saturated heterocycles. The summed E-state index contributed by atoms with van der Waals surface area (Å²) < 4.78 is 0.714. The van der Waals surface area contributed by atoms with Crippen LogP contribution in [0.2, 0.25) is 0 Å². The van der Waals surface area contributed by atoms with Gasteiger partial charge in [0.15, 0.2) is 0 Å². The molecule has 2 amide bonds. The van der Waals surface area contributed by atoms with E-state index in [9.17, 15) is 9.59 Å². The van der Waals surface area contributed by atoms with Crippen molar-refractivity contribution in [3.05, 3.63) is 94.0 Å². The SMILES string of the molecule is CN(C)c1ccc(NC(=O)c2ccccc2Br)cc1C(=O)NCCc1ccccc1. The lowest BCUT2D eigenvalue weighted by Gasteiger charge is -2.18. The smallest absolute Gasteiger partial charge is 0.256 e. The Balaban J connectivity index is 1.74. The minimum Gasteiger partial charge on any atom is -0.377 e. The van der Waals surface area contributed by atoms with Crippen LogP contribution in [-0.4, -0.2) is 32.5 Å². The van der Waals surface area contributed by atoms with Crippen LogP contribution in [0.4, 0.5) is 11.4 Å². The number of benzene rings is 3. The van der Waals surface area contributed by atoms with Gasteiger partial charge in [-0.1, -0.05) is 42.5 Å². The third kappa shape index (κ3) is 5.48. The molecule has 0 aliphatic rings. The van der Waals surface area contributed by atoms with Gasteiger partial charge in [-0.05, 0) is 58.2 Å². The van der Waals surface area contributed by atoms with Gasteiger partial charge in [0.05, 0.1) is 11.1 Å². The molecule has 0 spiro atoms. The molecule has 0 saturated carbocycles. The van der Waals surface area contributed by atoms with E-state index in [0.717, 1.165) is 12.1 Å². The highest BCUT2D eigenvalue weighted by atomic mass is 79.9. The van der Waals surface area contributed by atoms with Crippen molar-refractivity contribution >= 4 is 39.1 Å². The van der Waals surface area contributed by atoms with Crippen LogP contribution in [0.3, 0.4) is 0 Å². The Hall–Kier alpha value is -3.12. The summed E-state index contributed by atoms with van der Waals surface area (Å²) in [4.78, 5) is 27.4. The minimum atomic E-state index is -0.240. The van der Waals surface area contributed by atoms with Crippen LogP contribution >= 0.6 is 15.9 Å². The fourth-order valence-corrected chi connectivity index (χ4v) is 3.55. The maximum atomic E-state index is 12.9. The van der Waals surface area contributed by atoms with Gasteiger partial charge in [-0.15, -0.1) is 0 Å². The number of rotatable bonds is 7. The molecular weight excluding hydrogens is 442 g/mol. The van der Waals surface area contributed by atoms with Gasteiger partial charge < -0.3 is 15.5 Å². The van der Waals surface area contributed by atoms with Crippen molar-refractivity contribution in [2.45, 2.75) is 6.42 Å². The molecule has 154 valence electrons. The number of halogens is 1. The van der Waals surface area contributed by atoms with Crippen molar-refractivity contribution < 1.29 is 9.59 Å². The topological polar surface area (TPSA) is 61.4 Å². The Labute approximate surface area is 185 Å². The molecule has 3 rings (SSSR count). The normalized spacial score (nSPS) is 10.4. The predicted molar refractivity (Wildman–Crippen MR) is 125 cm³/mol. The fraction of sp³-hybridized carbons (Fsp3) is 0.167. The highest BCUT2D eigenvalue weighted by molar-refractivity contribution is 9.10. The van der Waals surface area contributed by atoms with E-state index in [-0.39, 0.29) is 11.8 Å². The molecule has 0 atom stereocenters. The van der Waals surface area contributed by atoms with Crippen LogP contribution in [0.15, 0.2) is 77.3 Å². The maximum absolute atomic E-state index is 12.9. The van der Waals surface area contributed by atoms with E-state index in [0.29, 0.717) is 27.8 Å². The average Bonchev–Trinajstić information content (AvgIpc) is 2.74. The van der Waals surface area contributed by atoms with Crippen molar-refractivity contribution in [1.82, 2.24) is 5.32 Å². The minimum absolute atomic E-state index is 0.174. The second-order valence-corrected chi connectivity index (χ2v) is 7.91. The Morgan fingerprint density at radius 3 is 2.27 bits per heavy atom. The summed E-state index contributed by atoms with van der Waals surface area (Å²) in [6.45, 7) is 0.531. The summed E-state index contributed by atoms with van der Waals surface area (Å²) in [6.07, 6.45) is 0.752. The number of carbonyl (C=O) groups is 2. The molecule has 3 aromatic rings. The third-order valence-corrected chi connectivity index (χ3v) is 5.33. The van der Waals surface area contributed by atoms with Crippen molar-refractivity contribution in [1.29, 1.82) is 0 Å². The zero-order chi connectivity index (χ0) is 21.5. The van der Waals surface area contributed by atoms with Crippen LogP contribution in [0.1, 0.15) is 26.3 Å². The summed E-state index contributed by atoms with van der Waals surface area (Å²) in [5, 5.41) is 5.85. The van der Waals surface area contributed by atoms with E-state index in [1.807, 2.05) is 67.5 Å². The van der Waals surface area contributed by atoms with Gasteiger partial charge in [0, 0.05) is 36.5 Å². The van der Waals surface area contributed by atoms with E-state index in [1.54, 1.807) is 24.3 Å².